The first-order valence-electron chi connectivity index (χ1n) is 7.57. The fourth-order valence-corrected chi connectivity index (χ4v) is 4.67. The summed E-state index contributed by atoms with van der Waals surface area (Å²) in [6.07, 6.45) is 2.24. The lowest BCUT2D eigenvalue weighted by Crippen LogP contribution is -2.52. The molecule has 0 amide bonds. The molecule has 2 heterocycles. The summed E-state index contributed by atoms with van der Waals surface area (Å²) in [5, 5.41) is 3.36. The highest BCUT2D eigenvalue weighted by Crippen LogP contribution is 2.19. The van der Waals surface area contributed by atoms with Crippen molar-refractivity contribution in [3.8, 4) is 0 Å². The van der Waals surface area contributed by atoms with Crippen LogP contribution in [0.4, 0.5) is 0 Å². The molecule has 0 saturated carbocycles. The van der Waals surface area contributed by atoms with Crippen LogP contribution in [0.15, 0.2) is 0 Å². The molecule has 20 heavy (non-hydrogen) atoms. The number of nitrogens with one attached hydrogen (secondary N) is 1. The normalized spacial score (nSPS) is 26.3. The Bertz CT molecular complexity index is 388. The molecule has 0 radical (unpaired) electrons. The van der Waals surface area contributed by atoms with E-state index in [1.165, 1.54) is 0 Å². The number of piperidine rings is 1. The molecule has 0 spiro atoms. The second-order valence-electron chi connectivity index (χ2n) is 5.90. The van der Waals surface area contributed by atoms with Gasteiger partial charge < -0.3 is 10.1 Å². The van der Waals surface area contributed by atoms with E-state index in [1.54, 1.807) is 8.61 Å². The number of nitrogens with zero attached hydrogens (tertiary/aromatic N) is 2. The zero-order chi connectivity index (χ0) is 14.6. The maximum atomic E-state index is 12.8. The third-order valence-electron chi connectivity index (χ3n) is 4.01. The molecule has 0 aliphatic carbocycles. The Hall–Kier alpha value is -0.210. The Morgan fingerprint density at radius 2 is 2.05 bits per heavy atom. The Morgan fingerprint density at radius 1 is 1.35 bits per heavy atom. The van der Waals surface area contributed by atoms with Crippen LogP contribution in [0.5, 0.6) is 0 Å². The number of ether oxygens (including phenoxy) is 1. The zero-order valence-corrected chi connectivity index (χ0v) is 13.4. The van der Waals surface area contributed by atoms with E-state index in [0.717, 1.165) is 25.9 Å². The third-order valence-corrected chi connectivity index (χ3v) is 6.19. The standard InChI is InChI=1S/C13H27N3O3S/c1-12(2)16(11-13-4-3-5-14-10-13)20(17,18)15-6-8-19-9-7-15/h12-14H,3-11H2,1-2H3. The van der Waals surface area contributed by atoms with Crippen LogP contribution in [0.1, 0.15) is 26.7 Å². The highest BCUT2D eigenvalue weighted by molar-refractivity contribution is 7.86. The van der Waals surface area contributed by atoms with Gasteiger partial charge in [-0.05, 0) is 45.7 Å². The average Bonchev–Trinajstić information content (AvgIpc) is 2.46. The predicted octanol–water partition coefficient (Wildman–Crippen LogP) is 0.273. The van der Waals surface area contributed by atoms with Gasteiger partial charge in [-0.1, -0.05) is 0 Å². The van der Waals surface area contributed by atoms with Crippen molar-refractivity contribution in [1.29, 1.82) is 0 Å². The van der Waals surface area contributed by atoms with Gasteiger partial charge in [-0.2, -0.15) is 17.0 Å². The summed E-state index contributed by atoms with van der Waals surface area (Å²) in [5.74, 6) is 0.418. The minimum atomic E-state index is -3.36. The van der Waals surface area contributed by atoms with Crippen molar-refractivity contribution in [2.24, 2.45) is 5.92 Å². The van der Waals surface area contributed by atoms with E-state index in [-0.39, 0.29) is 6.04 Å². The number of rotatable bonds is 5. The van der Waals surface area contributed by atoms with Gasteiger partial charge in [0.25, 0.3) is 10.2 Å². The van der Waals surface area contributed by atoms with E-state index in [2.05, 4.69) is 5.32 Å². The summed E-state index contributed by atoms with van der Waals surface area (Å²) in [7, 11) is -3.36. The van der Waals surface area contributed by atoms with Gasteiger partial charge in [-0.3, -0.25) is 0 Å². The molecule has 1 N–H and O–H groups in total. The Kier molecular flexibility index (Phi) is 5.80. The van der Waals surface area contributed by atoms with Gasteiger partial charge in [0, 0.05) is 25.7 Å². The molecular weight excluding hydrogens is 278 g/mol. The molecule has 0 aromatic rings. The van der Waals surface area contributed by atoms with Gasteiger partial charge in [0.1, 0.15) is 0 Å². The van der Waals surface area contributed by atoms with Gasteiger partial charge in [0.05, 0.1) is 13.2 Å². The van der Waals surface area contributed by atoms with Gasteiger partial charge in [0.2, 0.25) is 0 Å². The Labute approximate surface area is 122 Å². The first kappa shape index (κ1) is 16.2. The van der Waals surface area contributed by atoms with Crippen molar-refractivity contribution in [1.82, 2.24) is 13.9 Å². The molecule has 0 aromatic heterocycles. The fraction of sp³-hybridized carbons (Fsp3) is 1.00. The van der Waals surface area contributed by atoms with Crippen LogP contribution < -0.4 is 5.32 Å². The van der Waals surface area contributed by atoms with Gasteiger partial charge in [-0.15, -0.1) is 0 Å². The summed E-state index contributed by atoms with van der Waals surface area (Å²) in [5.41, 5.74) is 0. The lowest BCUT2D eigenvalue weighted by Gasteiger charge is -2.36. The fourth-order valence-electron chi connectivity index (χ4n) is 2.83. The molecule has 2 aliphatic rings. The maximum absolute atomic E-state index is 12.8. The second kappa shape index (κ2) is 7.17. The third kappa shape index (κ3) is 3.92. The molecule has 6 nitrogen and oxygen atoms in total. The molecule has 2 saturated heterocycles. The highest BCUT2D eigenvalue weighted by Gasteiger charge is 2.34. The predicted molar refractivity (Wildman–Crippen MR) is 78.7 cm³/mol. The highest BCUT2D eigenvalue weighted by atomic mass is 32.2. The van der Waals surface area contributed by atoms with Crippen LogP contribution in [0, 0.1) is 5.92 Å². The van der Waals surface area contributed by atoms with E-state index < -0.39 is 10.2 Å². The smallest absolute Gasteiger partial charge is 0.282 e. The summed E-state index contributed by atoms with van der Waals surface area (Å²) in [6.45, 7) is 8.42. The maximum Gasteiger partial charge on any atom is 0.282 e. The van der Waals surface area contributed by atoms with Crippen LogP contribution in [0.25, 0.3) is 0 Å². The van der Waals surface area contributed by atoms with Gasteiger partial charge in [0.15, 0.2) is 0 Å². The number of hydrogen-bond acceptors (Lipinski definition) is 4. The van der Waals surface area contributed by atoms with Crippen molar-refractivity contribution in [2.75, 3.05) is 45.9 Å². The molecule has 2 rings (SSSR count). The van der Waals surface area contributed by atoms with Crippen molar-refractivity contribution >= 4 is 10.2 Å². The number of morpholine rings is 1. The zero-order valence-electron chi connectivity index (χ0n) is 12.5. The van der Waals surface area contributed by atoms with E-state index in [0.29, 0.717) is 38.8 Å². The van der Waals surface area contributed by atoms with Crippen LogP contribution in [0.2, 0.25) is 0 Å². The molecule has 1 atom stereocenters. The topological polar surface area (TPSA) is 61.9 Å². The average molecular weight is 305 g/mol. The van der Waals surface area contributed by atoms with Crippen molar-refractivity contribution in [3.05, 3.63) is 0 Å². The monoisotopic (exact) mass is 305 g/mol. The van der Waals surface area contributed by atoms with E-state index in [1.807, 2.05) is 13.8 Å². The van der Waals surface area contributed by atoms with Crippen molar-refractivity contribution < 1.29 is 13.2 Å². The van der Waals surface area contributed by atoms with Crippen molar-refractivity contribution in [3.63, 3.8) is 0 Å². The van der Waals surface area contributed by atoms with Gasteiger partial charge in [-0.25, -0.2) is 0 Å². The van der Waals surface area contributed by atoms with Crippen LogP contribution in [-0.2, 0) is 14.9 Å². The lowest BCUT2D eigenvalue weighted by atomic mass is 9.99. The molecule has 0 aromatic carbocycles. The number of hydrogen-bond donors (Lipinski definition) is 1. The molecule has 2 fully saturated rings. The van der Waals surface area contributed by atoms with Crippen LogP contribution >= 0.6 is 0 Å². The molecule has 1 unspecified atom stereocenters. The van der Waals surface area contributed by atoms with Gasteiger partial charge >= 0.3 is 0 Å². The summed E-state index contributed by atoms with van der Waals surface area (Å²) in [4.78, 5) is 0. The summed E-state index contributed by atoms with van der Waals surface area (Å²) in [6, 6.07) is -0.00947. The largest absolute Gasteiger partial charge is 0.379 e. The Balaban J connectivity index is 2.05. The van der Waals surface area contributed by atoms with E-state index in [9.17, 15) is 8.42 Å². The molecule has 2 aliphatic heterocycles. The first-order valence-corrected chi connectivity index (χ1v) is 8.97. The quantitative estimate of drug-likeness (QED) is 0.792. The van der Waals surface area contributed by atoms with E-state index >= 15 is 0 Å². The van der Waals surface area contributed by atoms with Crippen LogP contribution in [-0.4, -0.2) is 69.0 Å². The minimum Gasteiger partial charge on any atom is -0.379 e. The molecule has 118 valence electrons. The summed E-state index contributed by atoms with van der Waals surface area (Å²) < 4.78 is 34.0. The second-order valence-corrected chi connectivity index (χ2v) is 7.78. The first-order chi connectivity index (χ1) is 9.51. The van der Waals surface area contributed by atoms with Crippen LogP contribution in [0.3, 0.4) is 0 Å². The minimum absolute atomic E-state index is 0.00947. The molecule has 0 bridgehead atoms. The lowest BCUT2D eigenvalue weighted by molar-refractivity contribution is 0.0689. The van der Waals surface area contributed by atoms with Crippen molar-refractivity contribution in [2.45, 2.75) is 32.7 Å². The molecule has 7 heteroatoms. The Morgan fingerprint density at radius 3 is 2.60 bits per heavy atom. The molecular formula is C13H27N3O3S. The SMILES string of the molecule is CC(C)N(CC1CCCNC1)S(=O)(=O)N1CCOCC1. The summed E-state index contributed by atoms with van der Waals surface area (Å²) >= 11 is 0. The van der Waals surface area contributed by atoms with E-state index in [4.69, 9.17) is 4.74 Å².